The first-order valence-electron chi connectivity index (χ1n) is 4.20. The summed E-state index contributed by atoms with van der Waals surface area (Å²) in [4.78, 5) is 4.65. The molecule has 2 nitrogen and oxygen atoms in total. The molecule has 0 aliphatic heterocycles. The topological polar surface area (TPSA) is 33.1 Å². The highest BCUT2D eigenvalue weighted by molar-refractivity contribution is 7.09. The van der Waals surface area contributed by atoms with E-state index in [4.69, 9.17) is 23.2 Å². The molecule has 0 aliphatic rings. The van der Waals surface area contributed by atoms with Crippen LogP contribution < -0.4 is 0 Å². The Kier molecular flexibility index (Phi) is 3.26. The van der Waals surface area contributed by atoms with Crippen LogP contribution in [0.15, 0.2) is 29.9 Å². The van der Waals surface area contributed by atoms with Gasteiger partial charge in [0.25, 0.3) is 0 Å². The van der Waals surface area contributed by atoms with E-state index in [1.165, 1.54) is 11.3 Å². The number of aromatic nitrogens is 1. The highest BCUT2D eigenvalue weighted by Gasteiger charge is 2.15. The molecule has 15 heavy (non-hydrogen) atoms. The van der Waals surface area contributed by atoms with E-state index in [-0.39, 0.29) is 0 Å². The van der Waals surface area contributed by atoms with Gasteiger partial charge in [0, 0.05) is 21.8 Å². The molecule has 0 saturated carbocycles. The van der Waals surface area contributed by atoms with Crippen LogP contribution in [-0.2, 0) is 0 Å². The molecule has 2 aromatic rings. The third-order valence-electron chi connectivity index (χ3n) is 1.97. The van der Waals surface area contributed by atoms with Crippen molar-refractivity contribution in [3.63, 3.8) is 0 Å². The van der Waals surface area contributed by atoms with Crippen LogP contribution in [-0.4, -0.2) is 10.1 Å². The highest BCUT2D eigenvalue weighted by Crippen LogP contribution is 2.31. The molecule has 0 amide bonds. The van der Waals surface area contributed by atoms with E-state index >= 15 is 0 Å². The lowest BCUT2D eigenvalue weighted by Crippen LogP contribution is -1.97. The molecule has 1 N–H and O–H groups in total. The number of rotatable bonds is 2. The average Bonchev–Trinajstić information content (AvgIpc) is 2.74. The predicted octanol–water partition coefficient (Wildman–Crippen LogP) is 3.53. The minimum atomic E-state index is -0.760. The zero-order chi connectivity index (χ0) is 10.8. The van der Waals surface area contributed by atoms with Crippen molar-refractivity contribution in [3.05, 3.63) is 50.4 Å². The largest absolute Gasteiger partial charge is 0.383 e. The second-order valence-corrected chi connectivity index (χ2v) is 4.73. The monoisotopic (exact) mass is 259 g/mol. The molecule has 0 aliphatic carbocycles. The summed E-state index contributed by atoms with van der Waals surface area (Å²) < 4.78 is 0. The van der Waals surface area contributed by atoms with Crippen LogP contribution >= 0.6 is 34.5 Å². The molecule has 78 valence electrons. The maximum Gasteiger partial charge on any atom is 0.116 e. The van der Waals surface area contributed by atoms with E-state index in [9.17, 15) is 5.11 Å². The van der Waals surface area contributed by atoms with Gasteiger partial charge in [0.1, 0.15) is 6.10 Å². The number of aliphatic hydroxyl groups excluding tert-OH is 1. The van der Waals surface area contributed by atoms with Gasteiger partial charge in [0.05, 0.1) is 10.4 Å². The average molecular weight is 260 g/mol. The molecule has 2 rings (SSSR count). The van der Waals surface area contributed by atoms with Gasteiger partial charge >= 0.3 is 0 Å². The van der Waals surface area contributed by atoms with Gasteiger partial charge in [-0.15, -0.1) is 11.3 Å². The first kappa shape index (κ1) is 10.9. The second kappa shape index (κ2) is 4.49. The SMILES string of the molecule is OC(c1cncs1)c1cc(Cl)ccc1Cl. The minimum absolute atomic E-state index is 0.500. The minimum Gasteiger partial charge on any atom is -0.383 e. The summed E-state index contributed by atoms with van der Waals surface area (Å²) in [5.41, 5.74) is 2.27. The van der Waals surface area contributed by atoms with Crippen molar-refractivity contribution in [1.82, 2.24) is 4.98 Å². The van der Waals surface area contributed by atoms with Crippen LogP contribution in [0.25, 0.3) is 0 Å². The molecule has 1 unspecified atom stereocenters. The fourth-order valence-electron chi connectivity index (χ4n) is 1.24. The van der Waals surface area contributed by atoms with Crippen molar-refractivity contribution in [2.24, 2.45) is 0 Å². The smallest absolute Gasteiger partial charge is 0.116 e. The third kappa shape index (κ3) is 2.32. The van der Waals surface area contributed by atoms with Gasteiger partial charge in [0.2, 0.25) is 0 Å². The Hall–Kier alpha value is -0.610. The standard InChI is InChI=1S/C10H7Cl2NOS/c11-6-1-2-8(12)7(3-6)10(14)9-4-13-5-15-9/h1-5,10,14H. The van der Waals surface area contributed by atoms with E-state index in [1.807, 2.05) is 0 Å². The van der Waals surface area contributed by atoms with Gasteiger partial charge in [-0.25, -0.2) is 0 Å². The Bertz CT molecular complexity index is 458. The number of nitrogens with zero attached hydrogens (tertiary/aromatic N) is 1. The van der Waals surface area contributed by atoms with Crippen molar-refractivity contribution in [2.45, 2.75) is 6.10 Å². The molecule has 1 aromatic carbocycles. The van der Waals surface area contributed by atoms with Crippen LogP contribution in [0.5, 0.6) is 0 Å². The number of benzene rings is 1. The summed E-state index contributed by atoms with van der Waals surface area (Å²) in [6, 6.07) is 5.02. The molecule has 1 atom stereocenters. The lowest BCUT2D eigenvalue weighted by Gasteiger charge is -2.10. The molecule has 0 saturated heterocycles. The zero-order valence-electron chi connectivity index (χ0n) is 7.52. The first-order chi connectivity index (χ1) is 7.18. The number of thiazole rings is 1. The maximum atomic E-state index is 10.0. The summed E-state index contributed by atoms with van der Waals surface area (Å²) >= 11 is 13.2. The Morgan fingerprint density at radius 2 is 2.13 bits per heavy atom. The zero-order valence-corrected chi connectivity index (χ0v) is 9.85. The molecule has 0 radical (unpaired) electrons. The third-order valence-corrected chi connectivity index (χ3v) is 3.38. The van der Waals surface area contributed by atoms with Gasteiger partial charge in [-0.1, -0.05) is 23.2 Å². The van der Waals surface area contributed by atoms with Crippen molar-refractivity contribution >= 4 is 34.5 Å². The van der Waals surface area contributed by atoms with Crippen LogP contribution in [0.1, 0.15) is 16.5 Å². The van der Waals surface area contributed by atoms with E-state index in [0.29, 0.717) is 15.6 Å². The van der Waals surface area contributed by atoms with Gasteiger partial charge in [-0.2, -0.15) is 0 Å². The molecule has 1 heterocycles. The Labute approximate surface area is 101 Å². The van der Waals surface area contributed by atoms with Crippen LogP contribution in [0, 0.1) is 0 Å². The molecule has 0 fully saturated rings. The number of hydrogen-bond acceptors (Lipinski definition) is 3. The lowest BCUT2D eigenvalue weighted by atomic mass is 10.1. The van der Waals surface area contributed by atoms with Gasteiger partial charge in [0.15, 0.2) is 0 Å². The summed E-state index contributed by atoms with van der Waals surface area (Å²) in [5.74, 6) is 0. The van der Waals surface area contributed by atoms with E-state index in [0.717, 1.165) is 4.88 Å². The van der Waals surface area contributed by atoms with E-state index < -0.39 is 6.10 Å². The first-order valence-corrected chi connectivity index (χ1v) is 5.83. The Balaban J connectivity index is 2.41. The molecular weight excluding hydrogens is 253 g/mol. The van der Waals surface area contributed by atoms with E-state index in [2.05, 4.69) is 4.98 Å². The molecule has 5 heteroatoms. The molecule has 0 spiro atoms. The van der Waals surface area contributed by atoms with Crippen molar-refractivity contribution in [3.8, 4) is 0 Å². The van der Waals surface area contributed by atoms with Gasteiger partial charge < -0.3 is 5.11 Å². The summed E-state index contributed by atoms with van der Waals surface area (Å²) in [7, 11) is 0. The van der Waals surface area contributed by atoms with Crippen molar-refractivity contribution < 1.29 is 5.11 Å². The van der Waals surface area contributed by atoms with Crippen LogP contribution in [0.3, 0.4) is 0 Å². The second-order valence-electron chi connectivity index (χ2n) is 2.97. The summed E-state index contributed by atoms with van der Waals surface area (Å²) in [6.07, 6.45) is 0.857. The molecule has 0 bridgehead atoms. The van der Waals surface area contributed by atoms with Crippen LogP contribution in [0.4, 0.5) is 0 Å². The fraction of sp³-hybridized carbons (Fsp3) is 0.100. The van der Waals surface area contributed by atoms with Crippen molar-refractivity contribution in [2.75, 3.05) is 0 Å². The number of hydrogen-bond donors (Lipinski definition) is 1. The quantitative estimate of drug-likeness (QED) is 0.895. The Morgan fingerprint density at radius 3 is 2.80 bits per heavy atom. The van der Waals surface area contributed by atoms with E-state index in [1.54, 1.807) is 29.9 Å². The van der Waals surface area contributed by atoms with Crippen LogP contribution in [0.2, 0.25) is 10.0 Å². The van der Waals surface area contributed by atoms with Gasteiger partial charge in [-0.3, -0.25) is 4.98 Å². The summed E-state index contributed by atoms with van der Waals surface area (Å²) in [6.45, 7) is 0. The van der Waals surface area contributed by atoms with Crippen molar-refractivity contribution in [1.29, 1.82) is 0 Å². The molecular formula is C10H7Cl2NOS. The summed E-state index contributed by atoms with van der Waals surface area (Å²) in [5, 5.41) is 11.1. The Morgan fingerprint density at radius 1 is 1.33 bits per heavy atom. The molecule has 1 aromatic heterocycles. The number of halogens is 2. The normalized spacial score (nSPS) is 12.7. The predicted molar refractivity (Wildman–Crippen MR) is 62.6 cm³/mol. The fourth-order valence-corrected chi connectivity index (χ4v) is 2.26. The number of aliphatic hydroxyl groups is 1. The highest BCUT2D eigenvalue weighted by atomic mass is 35.5. The maximum absolute atomic E-state index is 10.0. The lowest BCUT2D eigenvalue weighted by molar-refractivity contribution is 0.224. The van der Waals surface area contributed by atoms with Gasteiger partial charge in [-0.05, 0) is 18.2 Å².